The van der Waals surface area contributed by atoms with E-state index < -0.39 is 0 Å². The maximum atomic E-state index is 5.85. The maximum absolute atomic E-state index is 5.85. The van der Waals surface area contributed by atoms with E-state index in [1.807, 2.05) is 6.07 Å². The molecule has 4 heteroatoms. The van der Waals surface area contributed by atoms with Gasteiger partial charge in [-0.2, -0.15) is 0 Å². The second kappa shape index (κ2) is 6.42. The number of hydrogen-bond acceptors (Lipinski definition) is 3. The lowest BCUT2D eigenvalue weighted by Crippen LogP contribution is -2.36. The van der Waals surface area contributed by atoms with E-state index in [1.165, 1.54) is 12.8 Å². The van der Waals surface area contributed by atoms with Crippen molar-refractivity contribution in [2.75, 3.05) is 13.6 Å². The van der Waals surface area contributed by atoms with Crippen LogP contribution in [0.1, 0.15) is 38.5 Å². The summed E-state index contributed by atoms with van der Waals surface area (Å²) in [6.07, 6.45) is 4.05. The molecule has 0 aliphatic rings. The summed E-state index contributed by atoms with van der Waals surface area (Å²) in [5.41, 5.74) is 5.85. The Labute approximate surface area is 106 Å². The molecule has 2 atom stereocenters. The molecule has 0 aliphatic heterocycles. The van der Waals surface area contributed by atoms with E-state index in [0.717, 1.165) is 10.2 Å². The van der Waals surface area contributed by atoms with Gasteiger partial charge in [0.2, 0.25) is 0 Å². The maximum Gasteiger partial charge on any atom is 0.136 e. The summed E-state index contributed by atoms with van der Waals surface area (Å²) >= 11 is 3.49. The van der Waals surface area contributed by atoms with Gasteiger partial charge in [0.05, 0.1) is 16.8 Å². The van der Waals surface area contributed by atoms with Crippen molar-refractivity contribution >= 4 is 15.9 Å². The van der Waals surface area contributed by atoms with Gasteiger partial charge in [-0.3, -0.25) is 4.90 Å². The smallest absolute Gasteiger partial charge is 0.136 e. The minimum absolute atomic E-state index is 0.144. The molecule has 0 bridgehead atoms. The van der Waals surface area contributed by atoms with Crippen LogP contribution in [-0.4, -0.2) is 24.5 Å². The van der Waals surface area contributed by atoms with Gasteiger partial charge in [-0.1, -0.05) is 13.3 Å². The molecule has 3 nitrogen and oxygen atoms in total. The molecule has 0 aliphatic carbocycles. The van der Waals surface area contributed by atoms with Crippen molar-refractivity contribution < 1.29 is 4.42 Å². The molecule has 0 radical (unpaired) electrons. The molecular formula is C12H21BrN2O. The quantitative estimate of drug-likeness (QED) is 0.874. The minimum Gasteiger partial charge on any atom is -0.466 e. The number of likely N-dealkylation sites (N-methyl/N-ethyl adjacent to an activating group) is 1. The molecule has 1 aromatic rings. The van der Waals surface area contributed by atoms with Gasteiger partial charge in [0, 0.05) is 12.6 Å². The van der Waals surface area contributed by atoms with Crippen LogP contribution in [0, 0.1) is 0 Å². The molecule has 92 valence electrons. The molecule has 1 rings (SSSR count). The molecule has 0 fully saturated rings. The summed E-state index contributed by atoms with van der Waals surface area (Å²) in [5.74, 6) is 0.924. The van der Waals surface area contributed by atoms with Gasteiger partial charge < -0.3 is 10.2 Å². The topological polar surface area (TPSA) is 42.4 Å². The van der Waals surface area contributed by atoms with Crippen molar-refractivity contribution in [2.24, 2.45) is 5.73 Å². The Hall–Kier alpha value is -0.320. The zero-order valence-corrected chi connectivity index (χ0v) is 11.8. The minimum atomic E-state index is 0.144. The van der Waals surface area contributed by atoms with Crippen LogP contribution in [-0.2, 0) is 0 Å². The highest BCUT2D eigenvalue weighted by molar-refractivity contribution is 9.10. The molecular weight excluding hydrogens is 268 g/mol. The fourth-order valence-electron chi connectivity index (χ4n) is 1.93. The summed E-state index contributed by atoms with van der Waals surface area (Å²) in [4.78, 5) is 2.28. The molecule has 0 amide bonds. The van der Waals surface area contributed by atoms with E-state index in [-0.39, 0.29) is 6.04 Å². The monoisotopic (exact) mass is 288 g/mol. The summed E-state index contributed by atoms with van der Waals surface area (Å²) in [6.45, 7) is 4.99. The van der Waals surface area contributed by atoms with E-state index in [2.05, 4.69) is 41.7 Å². The zero-order valence-electron chi connectivity index (χ0n) is 10.2. The number of rotatable bonds is 6. The zero-order chi connectivity index (χ0) is 12.1. The highest BCUT2D eigenvalue weighted by Crippen LogP contribution is 2.29. The van der Waals surface area contributed by atoms with Gasteiger partial charge in [0.25, 0.3) is 0 Å². The van der Waals surface area contributed by atoms with Gasteiger partial charge in [-0.15, -0.1) is 0 Å². The fourth-order valence-corrected chi connectivity index (χ4v) is 2.40. The first-order valence-electron chi connectivity index (χ1n) is 5.76. The third-order valence-corrected chi connectivity index (χ3v) is 3.72. The van der Waals surface area contributed by atoms with Crippen molar-refractivity contribution in [3.8, 4) is 0 Å². The Morgan fingerprint density at radius 2 is 2.25 bits per heavy atom. The van der Waals surface area contributed by atoms with Gasteiger partial charge in [0.15, 0.2) is 0 Å². The van der Waals surface area contributed by atoms with E-state index in [1.54, 1.807) is 6.26 Å². The van der Waals surface area contributed by atoms with Crippen molar-refractivity contribution in [1.29, 1.82) is 0 Å². The molecule has 0 saturated carbocycles. The van der Waals surface area contributed by atoms with E-state index >= 15 is 0 Å². The predicted octanol–water partition coefficient (Wildman–Crippen LogP) is 3.16. The molecule has 1 heterocycles. The largest absolute Gasteiger partial charge is 0.466 e. The van der Waals surface area contributed by atoms with Crippen molar-refractivity contribution in [3.05, 3.63) is 22.6 Å². The van der Waals surface area contributed by atoms with Crippen LogP contribution in [0.15, 0.2) is 21.2 Å². The van der Waals surface area contributed by atoms with Crippen LogP contribution in [0.2, 0.25) is 0 Å². The summed E-state index contributed by atoms with van der Waals surface area (Å²) in [7, 11) is 2.10. The first-order valence-corrected chi connectivity index (χ1v) is 6.56. The molecule has 1 aromatic heterocycles. The molecule has 0 saturated heterocycles. The highest BCUT2D eigenvalue weighted by Gasteiger charge is 2.24. The molecule has 0 aromatic carbocycles. The Bertz CT molecular complexity index is 314. The summed E-state index contributed by atoms with van der Waals surface area (Å²) in [5, 5.41) is 0. The van der Waals surface area contributed by atoms with Gasteiger partial charge in [-0.05, 0) is 42.4 Å². The lowest BCUT2D eigenvalue weighted by Gasteiger charge is -2.31. The second-order valence-corrected chi connectivity index (χ2v) is 5.04. The standard InChI is InChI=1S/C12H21BrN2O/c1-4-5-9(2)15(3)11(8-14)12-10(13)6-7-16-12/h6-7,9,11H,4-5,8,14H2,1-3H3. The first kappa shape index (κ1) is 13.7. The average Bonchev–Trinajstić information content (AvgIpc) is 2.66. The van der Waals surface area contributed by atoms with Gasteiger partial charge in [-0.25, -0.2) is 0 Å². The molecule has 2 unspecified atom stereocenters. The molecule has 0 spiro atoms. The van der Waals surface area contributed by atoms with E-state index in [4.69, 9.17) is 10.2 Å². The van der Waals surface area contributed by atoms with Crippen molar-refractivity contribution in [2.45, 2.75) is 38.8 Å². The number of hydrogen-bond donors (Lipinski definition) is 1. The van der Waals surface area contributed by atoms with Crippen LogP contribution in [0.3, 0.4) is 0 Å². The van der Waals surface area contributed by atoms with Gasteiger partial charge in [0.1, 0.15) is 5.76 Å². The average molecular weight is 289 g/mol. The van der Waals surface area contributed by atoms with Crippen molar-refractivity contribution in [1.82, 2.24) is 4.90 Å². The Kier molecular flexibility index (Phi) is 5.52. The normalized spacial score (nSPS) is 15.4. The Balaban J connectivity index is 2.78. The van der Waals surface area contributed by atoms with Crippen LogP contribution in [0.25, 0.3) is 0 Å². The van der Waals surface area contributed by atoms with Crippen LogP contribution >= 0.6 is 15.9 Å². The fraction of sp³-hybridized carbons (Fsp3) is 0.667. The number of nitrogens with two attached hydrogens (primary N) is 1. The second-order valence-electron chi connectivity index (χ2n) is 4.19. The molecule has 16 heavy (non-hydrogen) atoms. The number of halogens is 1. The molecule has 2 N–H and O–H groups in total. The number of furan rings is 1. The summed E-state index contributed by atoms with van der Waals surface area (Å²) < 4.78 is 6.50. The lowest BCUT2D eigenvalue weighted by molar-refractivity contribution is 0.160. The highest BCUT2D eigenvalue weighted by atomic mass is 79.9. The first-order chi connectivity index (χ1) is 7.61. The van der Waals surface area contributed by atoms with Crippen LogP contribution < -0.4 is 5.73 Å². The summed E-state index contributed by atoms with van der Waals surface area (Å²) in [6, 6.07) is 2.57. The van der Waals surface area contributed by atoms with E-state index in [9.17, 15) is 0 Å². The SMILES string of the molecule is CCCC(C)N(C)C(CN)c1occc1Br. The van der Waals surface area contributed by atoms with Gasteiger partial charge >= 0.3 is 0 Å². The predicted molar refractivity (Wildman–Crippen MR) is 70.3 cm³/mol. The van der Waals surface area contributed by atoms with Crippen LogP contribution in [0.4, 0.5) is 0 Å². The van der Waals surface area contributed by atoms with E-state index in [0.29, 0.717) is 12.6 Å². The third-order valence-electron chi connectivity index (χ3n) is 3.06. The Morgan fingerprint density at radius 1 is 1.56 bits per heavy atom. The number of nitrogens with zero attached hydrogens (tertiary/aromatic N) is 1. The van der Waals surface area contributed by atoms with Crippen LogP contribution in [0.5, 0.6) is 0 Å². The third kappa shape index (κ3) is 3.09. The lowest BCUT2D eigenvalue weighted by atomic mass is 10.1. The Morgan fingerprint density at radius 3 is 2.69 bits per heavy atom. The van der Waals surface area contributed by atoms with Crippen molar-refractivity contribution in [3.63, 3.8) is 0 Å².